The molecule has 1 aromatic rings. The van der Waals surface area contributed by atoms with E-state index in [0.717, 1.165) is 62.0 Å². The van der Waals surface area contributed by atoms with Gasteiger partial charge in [-0.3, -0.25) is 16.4 Å². The zero-order valence-corrected chi connectivity index (χ0v) is 23.4. The van der Waals surface area contributed by atoms with Crippen LogP contribution in [0.5, 0.6) is 0 Å². The minimum atomic E-state index is -0.424. The molecule has 9 heteroatoms. The van der Waals surface area contributed by atoms with E-state index in [2.05, 4.69) is 57.4 Å². The first-order valence-corrected chi connectivity index (χ1v) is 14.7. The molecule has 4 unspecified atom stereocenters. The van der Waals surface area contributed by atoms with Gasteiger partial charge < -0.3 is 15.5 Å². The predicted octanol–water partition coefficient (Wildman–Crippen LogP) is 3.54. The molecule has 3 fully saturated rings. The molecule has 6 N–H and O–H groups in total. The average Bonchev–Trinajstić information content (AvgIpc) is 3.16. The van der Waals surface area contributed by atoms with Crippen LogP contribution in [-0.2, 0) is 0 Å². The molecule has 36 heavy (non-hydrogen) atoms. The van der Waals surface area contributed by atoms with Gasteiger partial charge in [-0.2, -0.15) is 0 Å². The van der Waals surface area contributed by atoms with Crippen molar-refractivity contribution in [3.63, 3.8) is 0 Å². The summed E-state index contributed by atoms with van der Waals surface area (Å²) in [6.07, 6.45) is 8.57. The molecule has 2 heterocycles. The van der Waals surface area contributed by atoms with E-state index in [1.807, 2.05) is 6.07 Å². The third-order valence-electron chi connectivity index (χ3n) is 8.77. The zero-order valence-electron chi connectivity index (χ0n) is 22.7. The molecule has 2 aliphatic heterocycles. The van der Waals surface area contributed by atoms with Gasteiger partial charge in [-0.25, -0.2) is 9.80 Å². The van der Waals surface area contributed by atoms with Crippen LogP contribution < -0.4 is 27.0 Å². The van der Waals surface area contributed by atoms with Crippen molar-refractivity contribution in [2.24, 2.45) is 17.2 Å². The zero-order chi connectivity index (χ0) is 25.8. The summed E-state index contributed by atoms with van der Waals surface area (Å²) >= 11 is 6.83. The van der Waals surface area contributed by atoms with Gasteiger partial charge in [0.2, 0.25) is 0 Å². The molecule has 3 aliphatic rings. The second kappa shape index (κ2) is 12.6. The molecule has 0 bridgehead atoms. The maximum absolute atomic E-state index is 7.04. The van der Waals surface area contributed by atoms with E-state index in [0.29, 0.717) is 12.1 Å². The van der Waals surface area contributed by atoms with Gasteiger partial charge in [0.05, 0.1) is 10.7 Å². The van der Waals surface area contributed by atoms with Crippen LogP contribution in [0, 0.1) is 0 Å². The van der Waals surface area contributed by atoms with Crippen molar-refractivity contribution in [2.75, 3.05) is 42.5 Å². The minimum absolute atomic E-state index is 0.306. The highest BCUT2D eigenvalue weighted by molar-refractivity contribution is 6.33. The summed E-state index contributed by atoms with van der Waals surface area (Å²) in [5, 5.41) is 0.728. The molecular formula is C27H49ClN8. The molecule has 0 amide bonds. The fraction of sp³-hybridized carbons (Fsp3) is 0.778. The van der Waals surface area contributed by atoms with Crippen LogP contribution in [-0.4, -0.2) is 78.4 Å². The highest BCUT2D eigenvalue weighted by Gasteiger charge is 2.46. The fourth-order valence-electron chi connectivity index (χ4n) is 6.69. The number of nitrogens with zero attached hydrogens (tertiary/aromatic N) is 5. The first-order valence-electron chi connectivity index (χ1n) is 14.3. The van der Waals surface area contributed by atoms with Gasteiger partial charge in [0.15, 0.2) is 0 Å². The number of nitrogens with two attached hydrogens (primary N) is 3. The Labute approximate surface area is 223 Å². The maximum atomic E-state index is 7.04. The van der Waals surface area contributed by atoms with Crippen LogP contribution in [0.2, 0.25) is 5.02 Å². The number of hydrogen-bond acceptors (Lipinski definition) is 8. The van der Waals surface area contributed by atoms with Crippen molar-refractivity contribution in [3.8, 4) is 0 Å². The van der Waals surface area contributed by atoms with Gasteiger partial charge >= 0.3 is 0 Å². The van der Waals surface area contributed by atoms with Crippen molar-refractivity contribution < 1.29 is 0 Å². The number of likely N-dealkylation sites (N-methyl/N-ethyl adjacent to an activating group) is 1. The molecule has 8 nitrogen and oxygen atoms in total. The predicted molar refractivity (Wildman–Crippen MR) is 152 cm³/mol. The standard InChI is InChI=1S/C27H49ClN8/c1-4-32(5-2)24-16-15-21(18-23(24)28)36-26(30)34(19-22-14-11-17-33(22)6-3)25(29)35(27(36)31)20-12-9-7-8-10-13-20/h15-16,18,20,22,25-27H,4-14,17,19,29-31H2,1-3H3. The Hall–Kier alpha value is -1.13. The van der Waals surface area contributed by atoms with Crippen LogP contribution in [0.15, 0.2) is 18.2 Å². The molecule has 2 saturated heterocycles. The Kier molecular flexibility index (Phi) is 9.77. The monoisotopic (exact) mass is 520 g/mol. The van der Waals surface area contributed by atoms with Gasteiger partial charge in [0.25, 0.3) is 0 Å². The molecule has 0 spiro atoms. The summed E-state index contributed by atoms with van der Waals surface area (Å²) in [7, 11) is 0. The lowest BCUT2D eigenvalue weighted by molar-refractivity contribution is -0.0917. The SMILES string of the molecule is CCN(CC)c1ccc(N2C(N)N(CC3CCCN3CC)C(N)N(C3CCCCCC3)C2N)cc1Cl. The van der Waals surface area contributed by atoms with Gasteiger partial charge in [0.1, 0.15) is 18.9 Å². The maximum Gasteiger partial charge on any atom is 0.139 e. The largest absolute Gasteiger partial charge is 0.371 e. The molecule has 204 valence electrons. The summed E-state index contributed by atoms with van der Waals surface area (Å²) < 4.78 is 0. The quantitative estimate of drug-likeness (QED) is 0.448. The number of rotatable bonds is 8. The van der Waals surface area contributed by atoms with Gasteiger partial charge in [0, 0.05) is 37.4 Å². The highest BCUT2D eigenvalue weighted by Crippen LogP contribution is 2.36. The summed E-state index contributed by atoms with van der Waals surface area (Å²) in [6, 6.07) is 7.07. The lowest BCUT2D eigenvalue weighted by atomic mass is 10.1. The fourth-order valence-corrected chi connectivity index (χ4v) is 6.99. The van der Waals surface area contributed by atoms with E-state index in [1.165, 1.54) is 38.5 Å². The molecule has 4 rings (SSSR count). The minimum Gasteiger partial charge on any atom is -0.371 e. The molecular weight excluding hydrogens is 472 g/mol. The van der Waals surface area contributed by atoms with Gasteiger partial charge in [-0.05, 0) is 70.8 Å². The second-order valence-electron chi connectivity index (χ2n) is 10.7. The Bertz CT molecular complexity index is 828. The summed E-state index contributed by atoms with van der Waals surface area (Å²) in [5.74, 6) is 0. The van der Waals surface area contributed by atoms with E-state index in [4.69, 9.17) is 28.8 Å². The topological polar surface area (TPSA) is 94.3 Å². The highest BCUT2D eigenvalue weighted by atomic mass is 35.5. The summed E-state index contributed by atoms with van der Waals surface area (Å²) in [5.41, 5.74) is 23.1. The van der Waals surface area contributed by atoms with E-state index in [1.54, 1.807) is 0 Å². The summed E-state index contributed by atoms with van der Waals surface area (Å²) in [6.45, 7) is 11.4. The Morgan fingerprint density at radius 2 is 1.58 bits per heavy atom. The van der Waals surface area contributed by atoms with Crippen LogP contribution >= 0.6 is 11.6 Å². The van der Waals surface area contributed by atoms with Gasteiger partial charge in [-0.15, -0.1) is 0 Å². The normalized spacial score (nSPS) is 29.6. The Morgan fingerprint density at radius 3 is 2.19 bits per heavy atom. The molecule has 1 aliphatic carbocycles. The van der Waals surface area contributed by atoms with Crippen LogP contribution in [0.4, 0.5) is 11.4 Å². The first-order chi connectivity index (χ1) is 17.4. The van der Waals surface area contributed by atoms with E-state index in [-0.39, 0.29) is 6.29 Å². The van der Waals surface area contributed by atoms with Crippen LogP contribution in [0.25, 0.3) is 0 Å². The molecule has 0 aromatic heterocycles. The van der Waals surface area contributed by atoms with Crippen molar-refractivity contribution in [3.05, 3.63) is 23.2 Å². The van der Waals surface area contributed by atoms with Crippen LogP contribution in [0.1, 0.15) is 72.1 Å². The third-order valence-corrected chi connectivity index (χ3v) is 9.07. The van der Waals surface area contributed by atoms with Crippen molar-refractivity contribution in [1.29, 1.82) is 0 Å². The lowest BCUT2D eigenvalue weighted by Crippen LogP contribution is -2.80. The smallest absolute Gasteiger partial charge is 0.139 e. The average molecular weight is 521 g/mol. The Balaban J connectivity index is 1.68. The number of benzene rings is 1. The Morgan fingerprint density at radius 1 is 0.889 bits per heavy atom. The van der Waals surface area contributed by atoms with E-state index < -0.39 is 12.6 Å². The third kappa shape index (κ3) is 5.65. The first kappa shape index (κ1) is 27.9. The van der Waals surface area contributed by atoms with E-state index >= 15 is 0 Å². The second-order valence-corrected chi connectivity index (χ2v) is 11.1. The number of halogens is 1. The number of hydrogen-bond donors (Lipinski definition) is 3. The molecule has 1 aromatic carbocycles. The molecule has 0 radical (unpaired) electrons. The molecule has 1 saturated carbocycles. The van der Waals surface area contributed by atoms with Crippen molar-refractivity contribution >= 4 is 23.0 Å². The van der Waals surface area contributed by atoms with Gasteiger partial charge in [-0.1, -0.05) is 44.2 Å². The number of likely N-dealkylation sites (tertiary alicyclic amines) is 1. The summed E-state index contributed by atoms with van der Waals surface area (Å²) in [4.78, 5) is 11.6. The number of anilines is 2. The lowest BCUT2D eigenvalue weighted by Gasteiger charge is -2.57. The van der Waals surface area contributed by atoms with Crippen molar-refractivity contribution in [2.45, 2.75) is 103 Å². The molecule has 4 atom stereocenters. The van der Waals surface area contributed by atoms with Crippen LogP contribution in [0.3, 0.4) is 0 Å². The van der Waals surface area contributed by atoms with Crippen molar-refractivity contribution in [1.82, 2.24) is 14.7 Å². The van der Waals surface area contributed by atoms with E-state index in [9.17, 15) is 0 Å².